The van der Waals surface area contributed by atoms with Gasteiger partial charge in [-0.15, -0.1) is 0 Å². The Bertz CT molecular complexity index is 603. The molecule has 0 aromatic heterocycles. The third-order valence-corrected chi connectivity index (χ3v) is 4.68. The van der Waals surface area contributed by atoms with Crippen molar-refractivity contribution in [1.29, 1.82) is 0 Å². The van der Waals surface area contributed by atoms with Crippen molar-refractivity contribution in [2.75, 3.05) is 18.8 Å². The summed E-state index contributed by atoms with van der Waals surface area (Å²) in [6.45, 7) is 0.989. The maximum atomic E-state index is 11.8. The number of rotatable bonds is 5. The summed E-state index contributed by atoms with van der Waals surface area (Å²) in [4.78, 5) is 13.5. The number of carbonyl (C=O) groups excluding carboxylic acids is 1. The van der Waals surface area contributed by atoms with E-state index in [9.17, 15) is 13.2 Å². The molecule has 1 fully saturated rings. The number of hydrogen-bond acceptors (Lipinski definition) is 3. The van der Waals surface area contributed by atoms with Gasteiger partial charge in [0.2, 0.25) is 15.9 Å². The van der Waals surface area contributed by atoms with Crippen LogP contribution in [0.25, 0.3) is 0 Å². The molecule has 7 heteroatoms. The van der Waals surface area contributed by atoms with Crippen LogP contribution in [0.1, 0.15) is 12.0 Å². The molecule has 1 unspecified atom stereocenters. The SMILES string of the molecule is NS(=O)(=O)CC1CC(=O)N(CCc2ccccc2Cl)C1. The predicted octanol–water partition coefficient (Wildman–Crippen LogP) is 1.02. The molecule has 0 bridgehead atoms. The number of amides is 1. The van der Waals surface area contributed by atoms with Crippen molar-refractivity contribution in [3.05, 3.63) is 34.9 Å². The Kier molecular flexibility index (Phi) is 4.67. The highest BCUT2D eigenvalue weighted by molar-refractivity contribution is 7.89. The van der Waals surface area contributed by atoms with Crippen molar-refractivity contribution in [2.24, 2.45) is 11.1 Å². The van der Waals surface area contributed by atoms with Crippen molar-refractivity contribution in [3.63, 3.8) is 0 Å². The van der Waals surface area contributed by atoms with Crippen LogP contribution in [0.5, 0.6) is 0 Å². The fourth-order valence-corrected chi connectivity index (χ4v) is 3.58. The first-order valence-corrected chi connectivity index (χ1v) is 8.46. The fourth-order valence-electron chi connectivity index (χ4n) is 2.47. The van der Waals surface area contributed by atoms with E-state index in [1.54, 1.807) is 4.90 Å². The molecule has 2 rings (SSSR count). The van der Waals surface area contributed by atoms with Gasteiger partial charge in [0.25, 0.3) is 0 Å². The van der Waals surface area contributed by atoms with E-state index in [1.807, 2.05) is 24.3 Å². The van der Waals surface area contributed by atoms with Gasteiger partial charge in [0.1, 0.15) is 0 Å². The van der Waals surface area contributed by atoms with Crippen molar-refractivity contribution in [2.45, 2.75) is 12.8 Å². The smallest absolute Gasteiger partial charge is 0.222 e. The Morgan fingerprint density at radius 3 is 2.70 bits per heavy atom. The number of carbonyl (C=O) groups is 1. The van der Waals surface area contributed by atoms with Crippen LogP contribution in [0, 0.1) is 5.92 Å². The van der Waals surface area contributed by atoms with Crippen LogP contribution in [0.3, 0.4) is 0 Å². The lowest BCUT2D eigenvalue weighted by Crippen LogP contribution is -2.29. The van der Waals surface area contributed by atoms with Gasteiger partial charge in [0.15, 0.2) is 0 Å². The van der Waals surface area contributed by atoms with Crippen LogP contribution in [-0.4, -0.2) is 38.1 Å². The fraction of sp³-hybridized carbons (Fsp3) is 0.462. The van der Waals surface area contributed by atoms with Crippen LogP contribution in [0.15, 0.2) is 24.3 Å². The third-order valence-electron chi connectivity index (χ3n) is 3.37. The number of primary sulfonamides is 1. The number of sulfonamides is 1. The molecule has 5 nitrogen and oxygen atoms in total. The summed E-state index contributed by atoms with van der Waals surface area (Å²) in [5.41, 5.74) is 0.983. The van der Waals surface area contributed by atoms with E-state index < -0.39 is 10.0 Å². The molecule has 0 spiro atoms. The summed E-state index contributed by atoms with van der Waals surface area (Å²) in [6, 6.07) is 7.49. The Labute approximate surface area is 123 Å². The second kappa shape index (κ2) is 6.11. The number of hydrogen-bond donors (Lipinski definition) is 1. The summed E-state index contributed by atoms with van der Waals surface area (Å²) in [7, 11) is -3.53. The van der Waals surface area contributed by atoms with Gasteiger partial charge in [0.05, 0.1) is 5.75 Å². The van der Waals surface area contributed by atoms with E-state index in [4.69, 9.17) is 16.7 Å². The normalized spacial score (nSPS) is 19.6. The van der Waals surface area contributed by atoms with Crippen molar-refractivity contribution < 1.29 is 13.2 Å². The maximum absolute atomic E-state index is 11.8. The third kappa shape index (κ3) is 4.19. The van der Waals surface area contributed by atoms with Crippen LogP contribution >= 0.6 is 11.6 Å². The first kappa shape index (κ1) is 15.3. The molecule has 2 N–H and O–H groups in total. The minimum Gasteiger partial charge on any atom is -0.342 e. The topological polar surface area (TPSA) is 80.5 Å². The molecule has 0 aliphatic carbocycles. The van der Waals surface area contributed by atoms with Gasteiger partial charge >= 0.3 is 0 Å². The molecule has 1 aromatic rings. The number of nitrogens with zero attached hydrogens (tertiary/aromatic N) is 1. The molecule has 1 aliphatic rings. The highest BCUT2D eigenvalue weighted by Crippen LogP contribution is 2.21. The molecule has 1 aliphatic heterocycles. The van der Waals surface area contributed by atoms with Gasteiger partial charge in [-0.2, -0.15) is 0 Å². The van der Waals surface area contributed by atoms with E-state index in [2.05, 4.69) is 0 Å². The van der Waals surface area contributed by atoms with Gasteiger partial charge in [-0.1, -0.05) is 29.8 Å². The summed E-state index contributed by atoms with van der Waals surface area (Å²) >= 11 is 6.06. The lowest BCUT2D eigenvalue weighted by atomic mass is 10.1. The zero-order chi connectivity index (χ0) is 14.8. The number of nitrogens with two attached hydrogens (primary N) is 1. The van der Waals surface area contributed by atoms with Crippen LogP contribution in [-0.2, 0) is 21.2 Å². The standard InChI is InChI=1S/C13H17ClN2O3S/c14-12-4-2-1-3-11(12)5-6-16-8-10(7-13(16)17)9-20(15,18)19/h1-4,10H,5-9H2,(H2,15,18,19). The molecule has 0 saturated carbocycles. The highest BCUT2D eigenvalue weighted by Gasteiger charge is 2.31. The van der Waals surface area contributed by atoms with E-state index in [0.29, 0.717) is 24.5 Å². The van der Waals surface area contributed by atoms with Crippen LogP contribution in [0.4, 0.5) is 0 Å². The largest absolute Gasteiger partial charge is 0.342 e. The van der Waals surface area contributed by atoms with Crippen molar-refractivity contribution >= 4 is 27.5 Å². The summed E-state index contributed by atoms with van der Waals surface area (Å²) in [5, 5.41) is 5.70. The van der Waals surface area contributed by atoms with E-state index in [0.717, 1.165) is 5.56 Å². The lowest BCUT2D eigenvalue weighted by molar-refractivity contribution is -0.127. The van der Waals surface area contributed by atoms with Crippen LogP contribution < -0.4 is 5.14 Å². The molecular weight excluding hydrogens is 300 g/mol. The lowest BCUT2D eigenvalue weighted by Gasteiger charge is -2.16. The Balaban J connectivity index is 1.91. The monoisotopic (exact) mass is 316 g/mol. The van der Waals surface area contributed by atoms with Gasteiger partial charge in [-0.3, -0.25) is 4.79 Å². The zero-order valence-corrected chi connectivity index (χ0v) is 12.5. The first-order chi connectivity index (χ1) is 9.35. The highest BCUT2D eigenvalue weighted by atomic mass is 35.5. The molecule has 1 saturated heterocycles. The van der Waals surface area contributed by atoms with Crippen LogP contribution in [0.2, 0.25) is 5.02 Å². The average molecular weight is 317 g/mol. The van der Waals surface area contributed by atoms with E-state index in [1.165, 1.54) is 0 Å². The zero-order valence-electron chi connectivity index (χ0n) is 11.0. The molecule has 1 heterocycles. The first-order valence-electron chi connectivity index (χ1n) is 6.37. The molecule has 1 aromatic carbocycles. The number of benzene rings is 1. The molecule has 0 radical (unpaired) electrons. The van der Waals surface area contributed by atoms with Gasteiger partial charge in [0, 0.05) is 30.5 Å². The summed E-state index contributed by atoms with van der Waals surface area (Å²) in [5.74, 6) is -0.365. The Morgan fingerprint density at radius 2 is 2.05 bits per heavy atom. The van der Waals surface area contributed by atoms with Crippen molar-refractivity contribution in [1.82, 2.24) is 4.90 Å². The van der Waals surface area contributed by atoms with E-state index >= 15 is 0 Å². The average Bonchev–Trinajstić information content (AvgIpc) is 2.66. The van der Waals surface area contributed by atoms with E-state index in [-0.39, 0.29) is 24.0 Å². The second-order valence-electron chi connectivity index (χ2n) is 5.08. The number of halogens is 1. The second-order valence-corrected chi connectivity index (χ2v) is 7.15. The minimum absolute atomic E-state index is 0.0225. The minimum atomic E-state index is -3.53. The maximum Gasteiger partial charge on any atom is 0.222 e. The summed E-state index contributed by atoms with van der Waals surface area (Å²) in [6.07, 6.45) is 0.909. The van der Waals surface area contributed by atoms with Gasteiger partial charge in [-0.25, -0.2) is 13.6 Å². The number of likely N-dealkylation sites (tertiary alicyclic amines) is 1. The summed E-state index contributed by atoms with van der Waals surface area (Å²) < 4.78 is 22.1. The molecule has 1 amide bonds. The molecular formula is C13H17ClN2O3S. The van der Waals surface area contributed by atoms with Crippen molar-refractivity contribution in [3.8, 4) is 0 Å². The Hall–Kier alpha value is -1.11. The molecule has 1 atom stereocenters. The van der Waals surface area contributed by atoms with Gasteiger partial charge < -0.3 is 4.90 Å². The molecule has 110 valence electrons. The quantitative estimate of drug-likeness (QED) is 0.880. The molecule has 20 heavy (non-hydrogen) atoms. The van der Waals surface area contributed by atoms with Gasteiger partial charge in [-0.05, 0) is 18.1 Å². The predicted molar refractivity (Wildman–Crippen MR) is 77.8 cm³/mol. The Morgan fingerprint density at radius 1 is 1.35 bits per heavy atom.